The normalized spacial score (nSPS) is 15.1. The molecule has 0 unspecified atom stereocenters. The Morgan fingerprint density at radius 1 is 1.30 bits per heavy atom. The summed E-state index contributed by atoms with van der Waals surface area (Å²) >= 11 is 0. The Bertz CT molecular complexity index is 657. The molecule has 0 bridgehead atoms. The number of benzene rings is 1. The van der Waals surface area contributed by atoms with E-state index in [1.807, 2.05) is 11.0 Å². The fourth-order valence-corrected chi connectivity index (χ4v) is 2.11. The third kappa shape index (κ3) is 2.36. The Morgan fingerprint density at radius 2 is 2.10 bits per heavy atom. The first kappa shape index (κ1) is 12.6. The van der Waals surface area contributed by atoms with Crippen molar-refractivity contribution in [3.63, 3.8) is 0 Å². The topological polar surface area (TPSA) is 62.3 Å². The maximum Gasteiger partial charge on any atom is 0.235 e. The Morgan fingerprint density at radius 3 is 2.80 bits per heavy atom. The Balaban J connectivity index is 1.98. The number of anilines is 1. The van der Waals surface area contributed by atoms with Crippen molar-refractivity contribution in [3.05, 3.63) is 35.8 Å². The van der Waals surface area contributed by atoms with E-state index in [1.165, 1.54) is 12.1 Å². The van der Waals surface area contributed by atoms with E-state index in [-0.39, 0.29) is 17.4 Å². The average Bonchev–Trinajstić information content (AvgIpc) is 2.92. The molecule has 6 heteroatoms. The molecule has 20 heavy (non-hydrogen) atoms. The van der Waals surface area contributed by atoms with Gasteiger partial charge in [0.2, 0.25) is 17.5 Å². The maximum absolute atomic E-state index is 13.2. The number of nitrogens with zero attached hydrogens (tertiary/aromatic N) is 3. The molecule has 3 rings (SSSR count). The molecule has 1 aliphatic heterocycles. The standard InChI is InChI=1S/C14H12FN3O2/c15-11-3-1-2-10(8-11)13-17-12(9-16)14(20-13)18-4-6-19-7-5-18/h1-3,8H,4-7H2. The fourth-order valence-electron chi connectivity index (χ4n) is 2.11. The highest BCUT2D eigenvalue weighted by Gasteiger charge is 2.22. The summed E-state index contributed by atoms with van der Waals surface area (Å²) in [5, 5.41) is 9.16. The smallest absolute Gasteiger partial charge is 0.235 e. The molecule has 2 heterocycles. The van der Waals surface area contributed by atoms with Crippen LogP contribution in [0.25, 0.3) is 11.5 Å². The van der Waals surface area contributed by atoms with E-state index in [1.54, 1.807) is 12.1 Å². The second kappa shape index (κ2) is 5.31. The van der Waals surface area contributed by atoms with Gasteiger partial charge in [0.25, 0.3) is 0 Å². The van der Waals surface area contributed by atoms with Crippen LogP contribution in [0.15, 0.2) is 28.7 Å². The van der Waals surface area contributed by atoms with Gasteiger partial charge in [-0.1, -0.05) is 6.07 Å². The molecule has 1 fully saturated rings. The second-order valence-electron chi connectivity index (χ2n) is 4.39. The summed E-state index contributed by atoms with van der Waals surface area (Å²) in [6, 6.07) is 7.97. The summed E-state index contributed by atoms with van der Waals surface area (Å²) in [6.45, 7) is 2.46. The molecule has 0 spiro atoms. The predicted molar refractivity (Wildman–Crippen MR) is 69.6 cm³/mol. The first-order valence-corrected chi connectivity index (χ1v) is 6.27. The highest BCUT2D eigenvalue weighted by molar-refractivity contribution is 5.59. The van der Waals surface area contributed by atoms with Gasteiger partial charge in [-0.2, -0.15) is 10.2 Å². The summed E-state index contributed by atoms with van der Waals surface area (Å²) in [4.78, 5) is 6.05. The van der Waals surface area contributed by atoms with Gasteiger partial charge in [-0.15, -0.1) is 0 Å². The minimum atomic E-state index is -0.368. The maximum atomic E-state index is 13.2. The number of ether oxygens (including phenoxy) is 1. The molecular formula is C14H12FN3O2. The van der Waals surface area contributed by atoms with Gasteiger partial charge < -0.3 is 14.1 Å². The molecule has 102 valence electrons. The van der Waals surface area contributed by atoms with Gasteiger partial charge in [-0.05, 0) is 18.2 Å². The number of morpholine rings is 1. The van der Waals surface area contributed by atoms with E-state index in [2.05, 4.69) is 4.98 Å². The van der Waals surface area contributed by atoms with Crippen LogP contribution in [0.3, 0.4) is 0 Å². The van der Waals surface area contributed by atoms with Crippen LogP contribution in [0.1, 0.15) is 5.69 Å². The third-order valence-electron chi connectivity index (χ3n) is 3.09. The Labute approximate surface area is 115 Å². The largest absolute Gasteiger partial charge is 0.419 e. The van der Waals surface area contributed by atoms with Crippen LogP contribution in [0.4, 0.5) is 10.3 Å². The molecule has 2 aromatic rings. The van der Waals surface area contributed by atoms with Crippen LogP contribution in [-0.4, -0.2) is 31.3 Å². The van der Waals surface area contributed by atoms with Gasteiger partial charge in [0.05, 0.1) is 13.2 Å². The summed E-state index contributed by atoms with van der Waals surface area (Å²) in [5.74, 6) is 0.310. The van der Waals surface area contributed by atoms with Crippen molar-refractivity contribution >= 4 is 5.88 Å². The molecule has 1 aromatic heterocycles. The second-order valence-corrected chi connectivity index (χ2v) is 4.39. The molecule has 0 amide bonds. The quantitative estimate of drug-likeness (QED) is 0.839. The average molecular weight is 273 g/mol. The van der Waals surface area contributed by atoms with Crippen molar-refractivity contribution in [2.75, 3.05) is 31.2 Å². The number of rotatable bonds is 2. The number of halogens is 1. The van der Waals surface area contributed by atoms with E-state index in [0.717, 1.165) is 0 Å². The van der Waals surface area contributed by atoms with Gasteiger partial charge in [-0.25, -0.2) is 4.39 Å². The molecule has 0 aliphatic carbocycles. The lowest BCUT2D eigenvalue weighted by Crippen LogP contribution is -2.36. The minimum Gasteiger partial charge on any atom is -0.419 e. The SMILES string of the molecule is N#Cc1nc(-c2cccc(F)c2)oc1N1CCOCC1. The molecule has 1 aliphatic rings. The van der Waals surface area contributed by atoms with E-state index in [4.69, 9.17) is 14.4 Å². The van der Waals surface area contributed by atoms with E-state index >= 15 is 0 Å². The van der Waals surface area contributed by atoms with Crippen molar-refractivity contribution in [3.8, 4) is 17.5 Å². The fraction of sp³-hybridized carbons (Fsp3) is 0.286. The van der Waals surface area contributed by atoms with Crippen LogP contribution >= 0.6 is 0 Å². The van der Waals surface area contributed by atoms with Crippen LogP contribution in [-0.2, 0) is 4.74 Å². The lowest BCUT2D eigenvalue weighted by atomic mass is 10.2. The van der Waals surface area contributed by atoms with Crippen molar-refractivity contribution < 1.29 is 13.5 Å². The monoisotopic (exact) mass is 273 g/mol. The summed E-state index contributed by atoms with van der Waals surface area (Å²) in [5.41, 5.74) is 0.729. The molecule has 0 radical (unpaired) electrons. The zero-order valence-electron chi connectivity index (χ0n) is 10.7. The number of oxazole rings is 1. The van der Waals surface area contributed by atoms with Crippen LogP contribution in [0.5, 0.6) is 0 Å². The van der Waals surface area contributed by atoms with Crippen molar-refractivity contribution in [2.24, 2.45) is 0 Å². The molecule has 1 saturated heterocycles. The molecule has 5 nitrogen and oxygen atoms in total. The number of hydrogen-bond donors (Lipinski definition) is 0. The van der Waals surface area contributed by atoms with Gasteiger partial charge in [0, 0.05) is 18.7 Å². The first-order chi connectivity index (χ1) is 9.78. The van der Waals surface area contributed by atoms with Crippen molar-refractivity contribution in [1.29, 1.82) is 5.26 Å². The van der Waals surface area contributed by atoms with Gasteiger partial charge in [0.15, 0.2) is 0 Å². The van der Waals surface area contributed by atoms with E-state index in [0.29, 0.717) is 37.8 Å². The van der Waals surface area contributed by atoms with Crippen LogP contribution in [0, 0.1) is 17.1 Å². The van der Waals surface area contributed by atoms with Gasteiger partial charge in [0.1, 0.15) is 11.9 Å². The minimum absolute atomic E-state index is 0.214. The van der Waals surface area contributed by atoms with Gasteiger partial charge in [-0.3, -0.25) is 0 Å². The predicted octanol–water partition coefficient (Wildman–Crippen LogP) is 2.19. The summed E-state index contributed by atoms with van der Waals surface area (Å²) in [7, 11) is 0. The zero-order chi connectivity index (χ0) is 13.9. The van der Waals surface area contributed by atoms with E-state index < -0.39 is 0 Å². The molecule has 0 atom stereocenters. The number of aromatic nitrogens is 1. The lowest BCUT2D eigenvalue weighted by molar-refractivity contribution is 0.121. The molecule has 0 saturated carbocycles. The molecule has 0 N–H and O–H groups in total. The summed E-state index contributed by atoms with van der Waals surface area (Å²) in [6.07, 6.45) is 0. The number of nitriles is 1. The third-order valence-corrected chi connectivity index (χ3v) is 3.09. The van der Waals surface area contributed by atoms with Crippen molar-refractivity contribution in [1.82, 2.24) is 4.98 Å². The van der Waals surface area contributed by atoms with E-state index in [9.17, 15) is 4.39 Å². The lowest BCUT2D eigenvalue weighted by Gasteiger charge is -2.25. The Kier molecular flexibility index (Phi) is 3.35. The summed E-state index contributed by atoms with van der Waals surface area (Å²) < 4.78 is 24.2. The molecule has 1 aromatic carbocycles. The van der Waals surface area contributed by atoms with Crippen LogP contribution in [0.2, 0.25) is 0 Å². The first-order valence-electron chi connectivity index (χ1n) is 6.27. The Hall–Kier alpha value is -2.39. The highest BCUT2D eigenvalue weighted by Crippen LogP contribution is 2.28. The van der Waals surface area contributed by atoms with Gasteiger partial charge >= 0.3 is 0 Å². The molecular weight excluding hydrogens is 261 g/mol. The zero-order valence-corrected chi connectivity index (χ0v) is 10.7. The van der Waals surface area contributed by atoms with Crippen LogP contribution < -0.4 is 4.90 Å². The van der Waals surface area contributed by atoms with Crippen molar-refractivity contribution in [2.45, 2.75) is 0 Å². The highest BCUT2D eigenvalue weighted by atomic mass is 19.1. The number of hydrogen-bond acceptors (Lipinski definition) is 5.